The Balaban J connectivity index is 3.91. The molecular formula is C5H11O2P. The van der Waals surface area contributed by atoms with Gasteiger partial charge in [-0.2, -0.15) is 0 Å². The van der Waals surface area contributed by atoms with Crippen LogP contribution in [0.5, 0.6) is 0 Å². The van der Waals surface area contributed by atoms with Crippen LogP contribution in [0.4, 0.5) is 0 Å². The molecule has 0 aromatic heterocycles. The van der Waals surface area contributed by atoms with Crippen LogP contribution in [0.3, 0.4) is 0 Å². The zero-order valence-corrected chi connectivity index (χ0v) is 6.29. The first-order valence-electron chi connectivity index (χ1n) is 2.53. The Labute approximate surface area is 51.5 Å². The number of hydrogen-bond acceptors (Lipinski definition) is 1. The average Bonchev–Trinajstić information content (AvgIpc) is 1.67. The van der Waals surface area contributed by atoms with Gasteiger partial charge < -0.3 is 5.11 Å². The third kappa shape index (κ3) is 1.79. The average molecular weight is 134 g/mol. The van der Waals surface area contributed by atoms with E-state index in [9.17, 15) is 4.79 Å². The molecule has 0 aromatic rings. The molecule has 2 unspecified atom stereocenters. The Kier molecular flexibility index (Phi) is 2.42. The lowest BCUT2D eigenvalue weighted by Gasteiger charge is -2.14. The molecule has 0 amide bonds. The van der Waals surface area contributed by atoms with Crippen molar-refractivity contribution in [1.29, 1.82) is 0 Å². The van der Waals surface area contributed by atoms with Gasteiger partial charge in [0.1, 0.15) is 0 Å². The molecule has 2 nitrogen and oxygen atoms in total. The first-order valence-corrected chi connectivity index (χ1v) is 3.10. The molecule has 3 heteroatoms. The van der Waals surface area contributed by atoms with E-state index < -0.39 is 11.1 Å². The van der Waals surface area contributed by atoms with Gasteiger partial charge in [0.25, 0.3) is 0 Å². The van der Waals surface area contributed by atoms with Crippen molar-refractivity contribution in [2.75, 3.05) is 0 Å². The molecule has 0 saturated heterocycles. The van der Waals surface area contributed by atoms with E-state index in [2.05, 4.69) is 9.24 Å². The minimum Gasteiger partial charge on any atom is -0.481 e. The lowest BCUT2D eigenvalue weighted by molar-refractivity contribution is -0.139. The summed E-state index contributed by atoms with van der Waals surface area (Å²) in [4.78, 5) is 10.2. The van der Waals surface area contributed by atoms with Gasteiger partial charge >= 0.3 is 5.97 Å². The fraction of sp³-hybridized carbons (Fsp3) is 0.800. The van der Waals surface area contributed by atoms with Crippen molar-refractivity contribution in [3.8, 4) is 0 Å². The largest absolute Gasteiger partial charge is 0.481 e. The van der Waals surface area contributed by atoms with Gasteiger partial charge in [-0.1, -0.05) is 6.92 Å². The number of carboxylic acid groups (broad SMARTS) is 1. The molecule has 2 atom stereocenters. The summed E-state index contributed by atoms with van der Waals surface area (Å²) < 4.78 is 0. The summed E-state index contributed by atoms with van der Waals surface area (Å²) in [5, 5.41) is 7.80. The van der Waals surface area contributed by atoms with Gasteiger partial charge in [0.15, 0.2) is 0 Å². The van der Waals surface area contributed by atoms with Crippen LogP contribution in [0.2, 0.25) is 0 Å². The summed E-state index contributed by atoms with van der Waals surface area (Å²) >= 11 is 0. The molecule has 0 aliphatic rings. The van der Waals surface area contributed by atoms with Gasteiger partial charge in [0.2, 0.25) is 0 Å². The van der Waals surface area contributed by atoms with Crippen LogP contribution >= 0.6 is 9.24 Å². The van der Waals surface area contributed by atoms with Crippen molar-refractivity contribution in [2.24, 2.45) is 0 Å². The number of hydrogen-bond donors (Lipinski definition) is 1. The van der Waals surface area contributed by atoms with Gasteiger partial charge in [-0.15, -0.1) is 9.24 Å². The second-order valence-corrected chi connectivity index (χ2v) is 3.35. The molecule has 0 saturated carbocycles. The van der Waals surface area contributed by atoms with Crippen LogP contribution in [-0.2, 0) is 4.79 Å². The smallest absolute Gasteiger partial charge is 0.313 e. The summed E-state index contributed by atoms with van der Waals surface area (Å²) in [6.45, 7) is 3.53. The highest BCUT2D eigenvalue weighted by molar-refractivity contribution is 7.20. The normalized spacial score (nSPS) is 17.4. The minimum atomic E-state index is -0.759. The molecule has 1 N–H and O–H groups in total. The van der Waals surface area contributed by atoms with Crippen molar-refractivity contribution in [3.05, 3.63) is 0 Å². The van der Waals surface area contributed by atoms with E-state index in [1.54, 1.807) is 6.92 Å². The van der Waals surface area contributed by atoms with E-state index >= 15 is 0 Å². The number of aliphatic carboxylic acids is 1. The van der Waals surface area contributed by atoms with Gasteiger partial charge in [0, 0.05) is 0 Å². The molecule has 0 rings (SSSR count). The maximum atomic E-state index is 10.2. The first kappa shape index (κ1) is 7.90. The molecule has 0 fully saturated rings. The second-order valence-electron chi connectivity index (χ2n) is 2.08. The van der Waals surface area contributed by atoms with Crippen molar-refractivity contribution in [3.63, 3.8) is 0 Å². The molecule has 0 spiro atoms. The van der Waals surface area contributed by atoms with Gasteiger partial charge in [-0.05, 0) is 13.3 Å². The Morgan fingerprint density at radius 2 is 2.25 bits per heavy atom. The standard InChI is InChI=1S/C5H11O2P/c1-3-5(2,8)4(6)7/h3,8H2,1-2H3,(H,6,7). The number of carboxylic acids is 1. The third-order valence-electron chi connectivity index (χ3n) is 1.22. The minimum absolute atomic E-state index is 0.625. The predicted octanol–water partition coefficient (Wildman–Crippen LogP) is 1.11. The van der Waals surface area contributed by atoms with Crippen molar-refractivity contribution in [1.82, 2.24) is 0 Å². The topological polar surface area (TPSA) is 37.3 Å². The Morgan fingerprint density at radius 1 is 1.88 bits per heavy atom. The van der Waals surface area contributed by atoms with Crippen LogP contribution in [0.1, 0.15) is 20.3 Å². The molecular weight excluding hydrogens is 123 g/mol. The molecule has 0 aliphatic carbocycles. The summed E-state index contributed by atoms with van der Waals surface area (Å²) in [5.74, 6) is -0.759. The predicted molar refractivity (Wildman–Crippen MR) is 36.0 cm³/mol. The van der Waals surface area contributed by atoms with E-state index in [-0.39, 0.29) is 0 Å². The van der Waals surface area contributed by atoms with E-state index in [4.69, 9.17) is 5.11 Å². The van der Waals surface area contributed by atoms with E-state index in [0.29, 0.717) is 6.42 Å². The molecule has 8 heavy (non-hydrogen) atoms. The molecule has 0 heterocycles. The first-order chi connectivity index (χ1) is 3.50. The summed E-state index contributed by atoms with van der Waals surface area (Å²) in [6, 6.07) is 0. The van der Waals surface area contributed by atoms with E-state index in [1.807, 2.05) is 6.92 Å². The maximum absolute atomic E-state index is 10.2. The fourth-order valence-corrected chi connectivity index (χ4v) is 0.151. The van der Waals surface area contributed by atoms with Crippen LogP contribution < -0.4 is 0 Å². The Bertz CT molecular complexity index is 98.6. The van der Waals surface area contributed by atoms with Crippen LogP contribution in [-0.4, -0.2) is 16.2 Å². The van der Waals surface area contributed by atoms with Gasteiger partial charge in [-0.3, -0.25) is 4.79 Å². The van der Waals surface area contributed by atoms with E-state index in [0.717, 1.165) is 0 Å². The quantitative estimate of drug-likeness (QED) is 0.574. The zero-order valence-electron chi connectivity index (χ0n) is 5.14. The lowest BCUT2D eigenvalue weighted by atomic mass is 10.1. The SMILES string of the molecule is CCC(C)(P)C(=O)O. The fourth-order valence-electron chi connectivity index (χ4n) is 0.151. The number of rotatable bonds is 2. The Morgan fingerprint density at radius 3 is 2.25 bits per heavy atom. The third-order valence-corrected chi connectivity index (χ3v) is 1.88. The van der Waals surface area contributed by atoms with Crippen molar-refractivity contribution < 1.29 is 9.90 Å². The lowest BCUT2D eigenvalue weighted by Crippen LogP contribution is -2.26. The van der Waals surface area contributed by atoms with Crippen molar-refractivity contribution in [2.45, 2.75) is 25.4 Å². The van der Waals surface area contributed by atoms with Gasteiger partial charge in [0.05, 0.1) is 5.16 Å². The van der Waals surface area contributed by atoms with Crippen LogP contribution in [0.25, 0.3) is 0 Å². The molecule has 0 aliphatic heterocycles. The summed E-state index contributed by atoms with van der Waals surface area (Å²) in [7, 11) is 2.31. The van der Waals surface area contributed by atoms with E-state index in [1.165, 1.54) is 0 Å². The van der Waals surface area contributed by atoms with Crippen molar-refractivity contribution >= 4 is 15.2 Å². The number of carbonyl (C=O) groups is 1. The highest BCUT2D eigenvalue weighted by atomic mass is 31.0. The monoisotopic (exact) mass is 134 g/mol. The Hall–Kier alpha value is -0.100. The highest BCUT2D eigenvalue weighted by Gasteiger charge is 2.23. The maximum Gasteiger partial charge on any atom is 0.313 e. The summed E-state index contributed by atoms with van der Waals surface area (Å²) in [5.41, 5.74) is 0. The molecule has 0 bridgehead atoms. The van der Waals surface area contributed by atoms with Gasteiger partial charge in [-0.25, -0.2) is 0 Å². The highest BCUT2D eigenvalue weighted by Crippen LogP contribution is 2.20. The van der Waals surface area contributed by atoms with Crippen LogP contribution in [0, 0.1) is 0 Å². The second kappa shape index (κ2) is 2.45. The molecule has 0 aromatic carbocycles. The molecule has 0 radical (unpaired) electrons. The van der Waals surface area contributed by atoms with Crippen LogP contribution in [0.15, 0.2) is 0 Å². The zero-order chi connectivity index (χ0) is 6.78. The molecule has 48 valence electrons. The summed E-state index contributed by atoms with van der Waals surface area (Å²) in [6.07, 6.45) is 0.646.